The molecule has 0 aromatic heterocycles. The largest absolute Gasteiger partial charge is 0.352 e. The van der Waals surface area contributed by atoms with Crippen molar-refractivity contribution in [2.24, 2.45) is 5.92 Å². The molecule has 0 amide bonds. The van der Waals surface area contributed by atoms with Crippen LogP contribution in [0.5, 0.6) is 0 Å². The fourth-order valence-electron chi connectivity index (χ4n) is 1.96. The number of rotatable bonds is 5. The molecular formula is C12H21ClO2. The van der Waals surface area contributed by atoms with Crippen LogP contribution in [0.1, 0.15) is 34.1 Å². The van der Waals surface area contributed by atoms with Gasteiger partial charge in [0.2, 0.25) is 0 Å². The van der Waals surface area contributed by atoms with Crippen molar-refractivity contribution in [2.45, 2.75) is 46.5 Å². The second kappa shape index (κ2) is 5.88. The standard InChI is InChI=1S/C12H21ClO2/c1-5-14-12(7-13)15-11-6-8(2)9(3)10(11)4/h8,11-12H,5-7H2,1-4H3. The van der Waals surface area contributed by atoms with Gasteiger partial charge in [0.1, 0.15) is 0 Å². The summed E-state index contributed by atoms with van der Waals surface area (Å²) in [5.74, 6) is 1.01. The van der Waals surface area contributed by atoms with Crippen LogP contribution in [0, 0.1) is 5.92 Å². The molecule has 0 radical (unpaired) electrons. The third kappa shape index (κ3) is 3.20. The van der Waals surface area contributed by atoms with Crippen LogP contribution in [0.3, 0.4) is 0 Å². The Hall–Kier alpha value is -0.0500. The van der Waals surface area contributed by atoms with Crippen LogP contribution in [-0.2, 0) is 9.47 Å². The number of hydrogen-bond donors (Lipinski definition) is 0. The highest BCUT2D eigenvalue weighted by molar-refractivity contribution is 6.18. The Kier molecular flexibility index (Phi) is 5.10. The van der Waals surface area contributed by atoms with Crippen molar-refractivity contribution in [3.63, 3.8) is 0 Å². The van der Waals surface area contributed by atoms with Crippen LogP contribution >= 0.6 is 11.6 Å². The molecule has 3 unspecified atom stereocenters. The van der Waals surface area contributed by atoms with Crippen molar-refractivity contribution >= 4 is 11.6 Å². The lowest BCUT2D eigenvalue weighted by molar-refractivity contribution is -0.146. The van der Waals surface area contributed by atoms with Crippen LogP contribution < -0.4 is 0 Å². The zero-order chi connectivity index (χ0) is 11.4. The van der Waals surface area contributed by atoms with Crippen molar-refractivity contribution in [3.05, 3.63) is 11.1 Å². The minimum Gasteiger partial charge on any atom is -0.352 e. The molecule has 0 N–H and O–H groups in total. The SMILES string of the molecule is CCOC(CCl)OC1CC(C)C(C)=C1C. The maximum absolute atomic E-state index is 5.84. The predicted molar refractivity (Wildman–Crippen MR) is 63.2 cm³/mol. The Bertz CT molecular complexity index is 238. The molecule has 1 aliphatic carbocycles. The second-order valence-electron chi connectivity index (χ2n) is 4.17. The van der Waals surface area contributed by atoms with Crippen LogP contribution in [0.15, 0.2) is 11.1 Å². The first-order valence-corrected chi connectivity index (χ1v) is 6.13. The molecule has 0 aromatic carbocycles. The molecule has 0 bridgehead atoms. The number of allylic oxidation sites excluding steroid dienone is 1. The quantitative estimate of drug-likeness (QED) is 0.411. The Morgan fingerprint density at radius 2 is 2.07 bits per heavy atom. The molecule has 88 valence electrons. The lowest BCUT2D eigenvalue weighted by Gasteiger charge is -2.21. The van der Waals surface area contributed by atoms with E-state index >= 15 is 0 Å². The maximum atomic E-state index is 5.84. The summed E-state index contributed by atoms with van der Waals surface area (Å²) in [7, 11) is 0. The Morgan fingerprint density at radius 3 is 2.47 bits per heavy atom. The number of ether oxygens (including phenoxy) is 2. The fourth-order valence-corrected chi connectivity index (χ4v) is 2.13. The molecular weight excluding hydrogens is 212 g/mol. The maximum Gasteiger partial charge on any atom is 0.171 e. The lowest BCUT2D eigenvalue weighted by Crippen LogP contribution is -2.26. The number of alkyl halides is 1. The number of hydrogen-bond acceptors (Lipinski definition) is 2. The van der Waals surface area contributed by atoms with Gasteiger partial charge < -0.3 is 9.47 Å². The summed E-state index contributed by atoms with van der Waals surface area (Å²) < 4.78 is 11.2. The van der Waals surface area contributed by atoms with Crippen molar-refractivity contribution < 1.29 is 9.47 Å². The first kappa shape index (κ1) is 13.0. The molecule has 0 aliphatic heterocycles. The van der Waals surface area contributed by atoms with E-state index in [-0.39, 0.29) is 12.4 Å². The summed E-state index contributed by atoms with van der Waals surface area (Å²) in [5, 5.41) is 0. The van der Waals surface area contributed by atoms with Crippen molar-refractivity contribution in [1.29, 1.82) is 0 Å². The molecule has 2 nitrogen and oxygen atoms in total. The molecule has 1 rings (SSSR count). The van der Waals surface area contributed by atoms with Gasteiger partial charge in [0.25, 0.3) is 0 Å². The van der Waals surface area contributed by atoms with Crippen LogP contribution in [0.2, 0.25) is 0 Å². The predicted octanol–water partition coefficient (Wildman–Crippen LogP) is 3.35. The van der Waals surface area contributed by atoms with Gasteiger partial charge in [0.05, 0.1) is 12.0 Å². The molecule has 0 saturated heterocycles. The summed E-state index contributed by atoms with van der Waals surface area (Å²) in [6.45, 7) is 9.15. The molecule has 0 spiro atoms. The minimum atomic E-state index is -0.269. The van der Waals surface area contributed by atoms with Gasteiger partial charge in [-0.3, -0.25) is 0 Å². The average Bonchev–Trinajstić information content (AvgIpc) is 2.46. The van der Waals surface area contributed by atoms with Crippen molar-refractivity contribution in [1.82, 2.24) is 0 Å². The highest BCUT2D eigenvalue weighted by Gasteiger charge is 2.28. The van der Waals surface area contributed by atoms with E-state index < -0.39 is 0 Å². The van der Waals surface area contributed by atoms with Gasteiger partial charge in [-0.15, -0.1) is 11.6 Å². The van der Waals surface area contributed by atoms with Gasteiger partial charge in [-0.1, -0.05) is 12.5 Å². The third-order valence-corrected chi connectivity index (χ3v) is 3.46. The fraction of sp³-hybridized carbons (Fsp3) is 0.833. The lowest BCUT2D eigenvalue weighted by atomic mass is 10.1. The van der Waals surface area contributed by atoms with Crippen LogP contribution in [0.25, 0.3) is 0 Å². The highest BCUT2D eigenvalue weighted by atomic mass is 35.5. The summed E-state index contributed by atoms with van der Waals surface area (Å²) in [4.78, 5) is 0. The van der Waals surface area contributed by atoms with Gasteiger partial charge in [0.15, 0.2) is 6.29 Å². The Labute approximate surface area is 97.6 Å². The van der Waals surface area contributed by atoms with Crippen LogP contribution in [-0.4, -0.2) is 24.9 Å². The second-order valence-corrected chi connectivity index (χ2v) is 4.48. The zero-order valence-electron chi connectivity index (χ0n) is 10.0. The van der Waals surface area contributed by atoms with E-state index in [2.05, 4.69) is 20.8 Å². The van der Waals surface area contributed by atoms with E-state index in [0.29, 0.717) is 18.4 Å². The zero-order valence-corrected chi connectivity index (χ0v) is 10.8. The van der Waals surface area contributed by atoms with E-state index in [1.165, 1.54) is 11.1 Å². The summed E-state index contributed by atoms with van der Waals surface area (Å²) in [6, 6.07) is 0. The average molecular weight is 233 g/mol. The third-order valence-electron chi connectivity index (χ3n) is 3.21. The van der Waals surface area contributed by atoms with E-state index in [1.807, 2.05) is 6.92 Å². The molecule has 0 heterocycles. The summed E-state index contributed by atoms with van der Waals surface area (Å²) >= 11 is 5.78. The normalized spacial score (nSPS) is 28.6. The van der Waals surface area contributed by atoms with Crippen molar-refractivity contribution in [2.75, 3.05) is 12.5 Å². The van der Waals surface area contributed by atoms with E-state index in [1.54, 1.807) is 0 Å². The topological polar surface area (TPSA) is 18.5 Å². The van der Waals surface area contributed by atoms with Crippen molar-refractivity contribution in [3.8, 4) is 0 Å². The molecule has 1 aliphatic rings. The van der Waals surface area contributed by atoms with E-state index in [9.17, 15) is 0 Å². The van der Waals surface area contributed by atoms with Gasteiger partial charge in [-0.2, -0.15) is 0 Å². The van der Waals surface area contributed by atoms with Gasteiger partial charge >= 0.3 is 0 Å². The number of halogens is 1. The Balaban J connectivity index is 2.53. The van der Waals surface area contributed by atoms with Crippen LogP contribution in [0.4, 0.5) is 0 Å². The smallest absolute Gasteiger partial charge is 0.171 e. The molecule has 3 atom stereocenters. The van der Waals surface area contributed by atoms with Gasteiger partial charge in [-0.25, -0.2) is 0 Å². The molecule has 3 heteroatoms. The highest BCUT2D eigenvalue weighted by Crippen LogP contribution is 2.33. The molecule has 0 saturated carbocycles. The molecule has 0 aromatic rings. The minimum absolute atomic E-state index is 0.190. The monoisotopic (exact) mass is 232 g/mol. The van der Waals surface area contributed by atoms with Gasteiger partial charge in [-0.05, 0) is 38.7 Å². The first-order valence-electron chi connectivity index (χ1n) is 5.60. The molecule has 0 fully saturated rings. The van der Waals surface area contributed by atoms with Gasteiger partial charge in [0, 0.05) is 6.61 Å². The first-order chi connectivity index (χ1) is 7.10. The molecule has 15 heavy (non-hydrogen) atoms. The summed E-state index contributed by atoms with van der Waals surface area (Å²) in [6.07, 6.45) is 0.975. The summed E-state index contributed by atoms with van der Waals surface area (Å²) in [5.41, 5.74) is 2.79. The Morgan fingerprint density at radius 1 is 1.40 bits per heavy atom. The van der Waals surface area contributed by atoms with E-state index in [0.717, 1.165) is 6.42 Å². The van der Waals surface area contributed by atoms with E-state index in [4.69, 9.17) is 21.1 Å².